The van der Waals surface area contributed by atoms with E-state index < -0.39 is 0 Å². The van der Waals surface area contributed by atoms with Gasteiger partial charge in [0.1, 0.15) is 0 Å². The molecular weight excluding hydrogens is 194 g/mol. The maximum atomic E-state index is 9.74. The Kier molecular flexibility index (Phi) is 3.56. The fourth-order valence-electron chi connectivity index (χ4n) is 1.99. The first-order valence-corrected chi connectivity index (χ1v) is 6.23. The lowest BCUT2D eigenvalue weighted by atomic mass is 9.92. The smallest absolute Gasteiger partial charge is 0.0693 e. The van der Waals surface area contributed by atoms with E-state index in [4.69, 9.17) is 0 Å². The van der Waals surface area contributed by atoms with Crippen LogP contribution in [0.2, 0.25) is 0 Å². The first-order valence-electron chi connectivity index (χ1n) is 5.29. The molecule has 2 atom stereocenters. The third-order valence-corrected chi connectivity index (χ3v) is 3.61. The monoisotopic (exact) mass is 211 g/mol. The Bertz CT molecular complexity index is 260. The standard InChI is InChI=1S/C11H17NOS/c13-11-4-2-1-3-10(11)12-7-9-5-6-14-8-9/h5-6,8,10-13H,1-4,7H2/t10-,11+/m0/s1. The molecule has 0 spiro atoms. The third kappa shape index (κ3) is 2.56. The molecule has 2 nitrogen and oxygen atoms in total. The molecule has 2 rings (SSSR count). The van der Waals surface area contributed by atoms with Gasteiger partial charge in [-0.15, -0.1) is 0 Å². The predicted octanol–water partition coefficient (Wildman–Crippen LogP) is 2.14. The van der Waals surface area contributed by atoms with Gasteiger partial charge in [0.15, 0.2) is 0 Å². The van der Waals surface area contributed by atoms with Crippen LogP contribution in [0.25, 0.3) is 0 Å². The summed E-state index contributed by atoms with van der Waals surface area (Å²) < 4.78 is 0. The second kappa shape index (κ2) is 4.91. The Morgan fingerprint density at radius 2 is 2.29 bits per heavy atom. The number of aliphatic hydroxyl groups is 1. The van der Waals surface area contributed by atoms with Gasteiger partial charge >= 0.3 is 0 Å². The van der Waals surface area contributed by atoms with Crippen LogP contribution in [0.3, 0.4) is 0 Å². The molecule has 2 N–H and O–H groups in total. The van der Waals surface area contributed by atoms with E-state index in [0.29, 0.717) is 6.04 Å². The van der Waals surface area contributed by atoms with Crippen molar-refractivity contribution in [2.24, 2.45) is 0 Å². The number of thiophene rings is 1. The topological polar surface area (TPSA) is 32.3 Å². The number of hydrogen-bond acceptors (Lipinski definition) is 3. The van der Waals surface area contributed by atoms with Crippen LogP contribution in [-0.4, -0.2) is 17.3 Å². The van der Waals surface area contributed by atoms with Crippen molar-refractivity contribution >= 4 is 11.3 Å². The first-order chi connectivity index (χ1) is 6.86. The second-order valence-corrected chi connectivity index (χ2v) is 4.75. The lowest BCUT2D eigenvalue weighted by molar-refractivity contribution is 0.0903. The van der Waals surface area contributed by atoms with Gasteiger partial charge in [-0.3, -0.25) is 0 Å². The summed E-state index contributed by atoms with van der Waals surface area (Å²) in [6, 6.07) is 2.44. The minimum absolute atomic E-state index is 0.137. The molecule has 14 heavy (non-hydrogen) atoms. The maximum Gasteiger partial charge on any atom is 0.0693 e. The highest BCUT2D eigenvalue weighted by atomic mass is 32.1. The zero-order chi connectivity index (χ0) is 9.80. The van der Waals surface area contributed by atoms with Crippen molar-refractivity contribution < 1.29 is 5.11 Å². The van der Waals surface area contributed by atoms with Crippen molar-refractivity contribution in [1.82, 2.24) is 5.32 Å². The van der Waals surface area contributed by atoms with Crippen molar-refractivity contribution in [1.29, 1.82) is 0 Å². The van der Waals surface area contributed by atoms with Gasteiger partial charge in [0.25, 0.3) is 0 Å². The SMILES string of the molecule is O[C@@H]1CCCC[C@@H]1NCc1ccsc1. The molecule has 0 aliphatic heterocycles. The molecule has 1 aromatic heterocycles. The third-order valence-electron chi connectivity index (χ3n) is 2.88. The fraction of sp³-hybridized carbons (Fsp3) is 0.636. The fourth-order valence-corrected chi connectivity index (χ4v) is 2.66. The summed E-state index contributed by atoms with van der Waals surface area (Å²) in [5, 5.41) is 17.4. The van der Waals surface area contributed by atoms with Crippen molar-refractivity contribution in [3.05, 3.63) is 22.4 Å². The summed E-state index contributed by atoms with van der Waals surface area (Å²) in [5.41, 5.74) is 1.33. The molecule has 3 heteroatoms. The van der Waals surface area contributed by atoms with Crippen molar-refractivity contribution in [2.75, 3.05) is 0 Å². The molecule has 0 bridgehead atoms. The summed E-state index contributed by atoms with van der Waals surface area (Å²) in [6.45, 7) is 0.894. The maximum absolute atomic E-state index is 9.74. The first kappa shape index (κ1) is 10.1. The highest BCUT2D eigenvalue weighted by Gasteiger charge is 2.21. The van der Waals surface area contributed by atoms with Crippen LogP contribution in [0.1, 0.15) is 31.2 Å². The van der Waals surface area contributed by atoms with Crippen LogP contribution in [0.4, 0.5) is 0 Å². The van der Waals surface area contributed by atoms with Gasteiger partial charge in [-0.2, -0.15) is 11.3 Å². The van der Waals surface area contributed by atoms with Crippen LogP contribution in [0.5, 0.6) is 0 Å². The zero-order valence-corrected chi connectivity index (χ0v) is 9.09. The number of nitrogens with one attached hydrogen (secondary N) is 1. The van der Waals surface area contributed by atoms with Gasteiger partial charge < -0.3 is 10.4 Å². The van der Waals surface area contributed by atoms with Crippen LogP contribution in [-0.2, 0) is 6.54 Å². The second-order valence-electron chi connectivity index (χ2n) is 3.97. The average Bonchev–Trinajstić information content (AvgIpc) is 2.69. The van der Waals surface area contributed by atoms with Gasteiger partial charge in [0.05, 0.1) is 6.10 Å². The highest BCUT2D eigenvalue weighted by molar-refractivity contribution is 7.07. The lowest BCUT2D eigenvalue weighted by Gasteiger charge is -2.28. The normalized spacial score (nSPS) is 27.8. The van der Waals surface area contributed by atoms with Crippen molar-refractivity contribution in [2.45, 2.75) is 44.4 Å². The molecule has 1 saturated carbocycles. The van der Waals surface area contributed by atoms with Gasteiger partial charge in [0.2, 0.25) is 0 Å². The molecule has 0 amide bonds. The minimum Gasteiger partial charge on any atom is -0.392 e. The zero-order valence-electron chi connectivity index (χ0n) is 8.28. The van der Waals surface area contributed by atoms with Crippen LogP contribution in [0.15, 0.2) is 16.8 Å². The highest BCUT2D eigenvalue weighted by Crippen LogP contribution is 2.18. The average molecular weight is 211 g/mol. The number of aliphatic hydroxyl groups excluding tert-OH is 1. The molecule has 0 radical (unpaired) electrons. The van der Waals surface area contributed by atoms with Crippen LogP contribution < -0.4 is 5.32 Å². The Morgan fingerprint density at radius 1 is 1.43 bits per heavy atom. The Labute approximate surface area is 89.0 Å². The summed E-state index contributed by atoms with van der Waals surface area (Å²) in [6.07, 6.45) is 4.37. The Balaban J connectivity index is 1.79. The largest absolute Gasteiger partial charge is 0.392 e. The Morgan fingerprint density at radius 3 is 3.00 bits per heavy atom. The summed E-state index contributed by atoms with van der Waals surface area (Å²) >= 11 is 1.72. The van der Waals surface area contributed by atoms with E-state index in [1.54, 1.807) is 11.3 Å². The number of hydrogen-bond donors (Lipinski definition) is 2. The quantitative estimate of drug-likeness (QED) is 0.803. The summed E-state index contributed by atoms with van der Waals surface area (Å²) in [5.74, 6) is 0. The molecule has 1 aliphatic carbocycles. The van der Waals surface area contributed by atoms with Crippen LogP contribution >= 0.6 is 11.3 Å². The molecule has 1 aliphatic rings. The molecule has 1 heterocycles. The molecule has 0 aromatic carbocycles. The van der Waals surface area contributed by atoms with Crippen molar-refractivity contribution in [3.8, 4) is 0 Å². The summed E-state index contributed by atoms with van der Waals surface area (Å²) in [7, 11) is 0. The minimum atomic E-state index is -0.137. The van der Waals surface area contributed by atoms with E-state index in [9.17, 15) is 5.11 Å². The molecular formula is C11H17NOS. The van der Waals surface area contributed by atoms with E-state index in [2.05, 4.69) is 22.1 Å². The van der Waals surface area contributed by atoms with Gasteiger partial charge in [-0.05, 0) is 35.2 Å². The van der Waals surface area contributed by atoms with E-state index >= 15 is 0 Å². The van der Waals surface area contributed by atoms with Gasteiger partial charge in [-0.1, -0.05) is 12.8 Å². The number of rotatable bonds is 3. The predicted molar refractivity (Wildman–Crippen MR) is 59.4 cm³/mol. The van der Waals surface area contributed by atoms with Crippen LogP contribution in [0, 0.1) is 0 Å². The van der Waals surface area contributed by atoms with E-state index in [1.807, 2.05) is 0 Å². The van der Waals surface area contributed by atoms with Gasteiger partial charge in [0, 0.05) is 12.6 Å². The van der Waals surface area contributed by atoms with Crippen molar-refractivity contribution in [3.63, 3.8) is 0 Å². The molecule has 78 valence electrons. The molecule has 0 saturated heterocycles. The summed E-state index contributed by atoms with van der Waals surface area (Å²) in [4.78, 5) is 0. The Hall–Kier alpha value is -0.380. The van der Waals surface area contributed by atoms with Gasteiger partial charge in [-0.25, -0.2) is 0 Å². The van der Waals surface area contributed by atoms with E-state index in [-0.39, 0.29) is 6.10 Å². The van der Waals surface area contributed by atoms with E-state index in [0.717, 1.165) is 19.4 Å². The lowest BCUT2D eigenvalue weighted by Crippen LogP contribution is -2.41. The molecule has 1 fully saturated rings. The molecule has 1 aromatic rings. The van der Waals surface area contributed by atoms with E-state index in [1.165, 1.54) is 18.4 Å². The molecule has 0 unspecified atom stereocenters.